The van der Waals surface area contributed by atoms with Gasteiger partial charge in [-0.25, -0.2) is 4.90 Å². The smallest absolute Gasteiger partial charge is 0.269 e. The minimum atomic E-state index is -1.53. The maximum Gasteiger partial charge on any atom is 0.269 e. The lowest BCUT2D eigenvalue weighted by Crippen LogP contribution is -2.53. The van der Waals surface area contributed by atoms with Crippen LogP contribution in [-0.4, -0.2) is 33.7 Å². The zero-order valence-corrected chi connectivity index (χ0v) is 28.5. The second kappa shape index (κ2) is 11.7. The van der Waals surface area contributed by atoms with Crippen LogP contribution in [0.25, 0.3) is 0 Å². The van der Waals surface area contributed by atoms with Crippen molar-refractivity contribution in [2.45, 2.75) is 24.2 Å². The Morgan fingerprint density at radius 2 is 1.56 bits per heavy atom. The summed E-state index contributed by atoms with van der Waals surface area (Å²) < 4.78 is 0.640. The molecule has 50 heavy (non-hydrogen) atoms. The van der Waals surface area contributed by atoms with Gasteiger partial charge in [-0.05, 0) is 72.9 Å². The third kappa shape index (κ3) is 4.53. The molecule has 0 radical (unpaired) electrons. The number of anilines is 2. The van der Waals surface area contributed by atoms with Crippen LogP contribution in [0.15, 0.2) is 113 Å². The van der Waals surface area contributed by atoms with Gasteiger partial charge in [0.25, 0.3) is 5.69 Å². The van der Waals surface area contributed by atoms with E-state index in [2.05, 4.69) is 15.9 Å². The summed E-state index contributed by atoms with van der Waals surface area (Å²) in [5, 5.41) is 23.1. The predicted molar refractivity (Wildman–Crippen MR) is 187 cm³/mol. The molecule has 1 saturated carbocycles. The second-order valence-corrected chi connectivity index (χ2v) is 14.4. The first-order valence-corrected chi connectivity index (χ1v) is 17.2. The van der Waals surface area contributed by atoms with Gasteiger partial charge in [-0.15, -0.1) is 0 Å². The van der Waals surface area contributed by atoms with Crippen LogP contribution in [0.1, 0.15) is 29.9 Å². The number of amides is 4. The zero-order valence-electron chi connectivity index (χ0n) is 26.1. The monoisotopic (exact) mass is 751 g/mol. The number of aromatic hydroxyl groups is 1. The number of nitro groups is 1. The molecule has 4 amide bonds. The minimum Gasteiger partial charge on any atom is -0.508 e. The highest BCUT2D eigenvalue weighted by molar-refractivity contribution is 9.10. The van der Waals surface area contributed by atoms with Gasteiger partial charge in [-0.2, -0.15) is 0 Å². The number of rotatable bonds is 5. The summed E-state index contributed by atoms with van der Waals surface area (Å²) in [5.74, 6) is -6.08. The van der Waals surface area contributed by atoms with Crippen LogP contribution in [0.2, 0.25) is 5.02 Å². The molecule has 12 heteroatoms. The van der Waals surface area contributed by atoms with E-state index in [1.807, 2.05) is 24.3 Å². The number of nitro benzene ring substituents is 1. The fourth-order valence-electron chi connectivity index (χ4n) is 8.82. The number of allylic oxidation sites excluding steroid dienone is 2. The molecule has 4 aromatic carbocycles. The lowest BCUT2D eigenvalue weighted by atomic mass is 9.49. The average Bonchev–Trinajstić information content (AvgIpc) is 3.50. The third-order valence-electron chi connectivity index (χ3n) is 10.8. The standard InChI is InChI=1S/C38H27BrClN3O7/c39-21-9-16-31(44)29(17-21)33-26-14-15-27-32(36(47)41(34(27)45)23-10-12-24(13-11-23)43(49)50)28(26)19-30-35(46)42(25-8-4-7-22(40)18-25)37(48)38(30,33)20-5-2-1-3-6-20/h1-14,16-18,27-28,30,32-33,44H,15,19H2. The molecule has 2 heterocycles. The number of halogens is 2. The fraction of sp³-hybridized carbons (Fsp3) is 0.211. The largest absolute Gasteiger partial charge is 0.508 e. The molecule has 2 saturated heterocycles. The van der Waals surface area contributed by atoms with Crippen molar-refractivity contribution in [2.75, 3.05) is 9.80 Å². The Morgan fingerprint density at radius 1 is 0.820 bits per heavy atom. The first-order chi connectivity index (χ1) is 24.0. The van der Waals surface area contributed by atoms with Crippen LogP contribution < -0.4 is 9.80 Å². The number of carbonyl (C=O) groups is 4. The van der Waals surface area contributed by atoms with Crippen LogP contribution in [0.3, 0.4) is 0 Å². The molecule has 1 N–H and O–H groups in total. The van der Waals surface area contributed by atoms with Crippen molar-refractivity contribution in [2.24, 2.45) is 23.7 Å². The molecule has 0 aromatic heterocycles. The van der Waals surface area contributed by atoms with Gasteiger partial charge in [-0.3, -0.25) is 34.2 Å². The molecule has 2 aliphatic heterocycles. The Balaban J connectivity index is 1.34. The Morgan fingerprint density at radius 3 is 2.26 bits per heavy atom. The van der Waals surface area contributed by atoms with Gasteiger partial charge in [0, 0.05) is 33.1 Å². The normalized spacial score (nSPS) is 27.2. The first-order valence-electron chi connectivity index (χ1n) is 16.0. The van der Waals surface area contributed by atoms with Gasteiger partial charge in [-0.1, -0.05) is 75.6 Å². The highest BCUT2D eigenvalue weighted by atomic mass is 79.9. The fourth-order valence-corrected chi connectivity index (χ4v) is 9.39. The number of phenolic OH excluding ortho intramolecular Hbond substituents is 1. The van der Waals surface area contributed by atoms with Crippen LogP contribution in [0.5, 0.6) is 5.75 Å². The Labute approximate surface area is 299 Å². The molecule has 3 fully saturated rings. The molecule has 4 aromatic rings. The van der Waals surface area contributed by atoms with E-state index in [-0.39, 0.29) is 30.0 Å². The quantitative estimate of drug-likeness (QED) is 0.0995. The summed E-state index contributed by atoms with van der Waals surface area (Å²) in [7, 11) is 0. The topological polar surface area (TPSA) is 138 Å². The third-order valence-corrected chi connectivity index (χ3v) is 11.5. The van der Waals surface area contributed by atoms with Crippen molar-refractivity contribution >= 4 is 68.2 Å². The van der Waals surface area contributed by atoms with E-state index >= 15 is 4.79 Å². The summed E-state index contributed by atoms with van der Waals surface area (Å²) in [5.41, 5.74) is 0.500. The number of nitrogens with zero attached hydrogens (tertiary/aromatic N) is 3. The van der Waals surface area contributed by atoms with Crippen molar-refractivity contribution in [1.29, 1.82) is 0 Å². The van der Waals surface area contributed by atoms with Crippen molar-refractivity contribution in [3.8, 4) is 5.75 Å². The first kappa shape index (κ1) is 32.1. The van der Waals surface area contributed by atoms with Gasteiger partial charge in [0.2, 0.25) is 23.6 Å². The van der Waals surface area contributed by atoms with E-state index in [9.17, 15) is 29.6 Å². The van der Waals surface area contributed by atoms with Crippen molar-refractivity contribution in [1.82, 2.24) is 0 Å². The Kier molecular flexibility index (Phi) is 7.54. The van der Waals surface area contributed by atoms with Crippen molar-refractivity contribution in [3.05, 3.63) is 139 Å². The van der Waals surface area contributed by atoms with Crippen LogP contribution >= 0.6 is 27.5 Å². The molecule has 0 bridgehead atoms. The van der Waals surface area contributed by atoms with Gasteiger partial charge in [0.1, 0.15) is 5.75 Å². The average molecular weight is 753 g/mol. The Hall–Kier alpha value is -5.13. The lowest BCUT2D eigenvalue weighted by molar-refractivity contribution is -0.384. The Bertz CT molecular complexity index is 2170. The van der Waals surface area contributed by atoms with E-state index in [1.165, 1.54) is 35.2 Å². The van der Waals surface area contributed by atoms with Gasteiger partial charge in [0.05, 0.1) is 39.5 Å². The number of hydrogen-bond donors (Lipinski definition) is 1. The molecule has 0 spiro atoms. The predicted octanol–water partition coefficient (Wildman–Crippen LogP) is 7.08. The van der Waals surface area contributed by atoms with Crippen molar-refractivity contribution < 1.29 is 29.2 Å². The molecule has 6 unspecified atom stereocenters. The van der Waals surface area contributed by atoms with Gasteiger partial charge in [0.15, 0.2) is 0 Å². The number of carbonyl (C=O) groups excluding carboxylic acids is 4. The van der Waals surface area contributed by atoms with E-state index in [4.69, 9.17) is 11.6 Å². The maximum absolute atomic E-state index is 15.3. The maximum atomic E-state index is 15.3. The van der Waals surface area contributed by atoms with E-state index in [0.29, 0.717) is 31.9 Å². The van der Waals surface area contributed by atoms with E-state index < -0.39 is 63.6 Å². The summed E-state index contributed by atoms with van der Waals surface area (Å²) in [6.07, 6.45) is 2.18. The molecular weight excluding hydrogens is 726 g/mol. The minimum absolute atomic E-state index is 0.0845. The molecule has 6 atom stereocenters. The highest BCUT2D eigenvalue weighted by Gasteiger charge is 2.70. The van der Waals surface area contributed by atoms with Crippen LogP contribution in [0, 0.1) is 33.8 Å². The summed E-state index contributed by atoms with van der Waals surface area (Å²) >= 11 is 9.90. The van der Waals surface area contributed by atoms with Crippen LogP contribution in [-0.2, 0) is 24.6 Å². The van der Waals surface area contributed by atoms with Gasteiger partial charge >= 0.3 is 0 Å². The molecule has 10 nitrogen and oxygen atoms in total. The van der Waals surface area contributed by atoms with Crippen LogP contribution in [0.4, 0.5) is 17.1 Å². The van der Waals surface area contributed by atoms with Crippen molar-refractivity contribution in [3.63, 3.8) is 0 Å². The summed E-state index contributed by atoms with van der Waals surface area (Å²) in [4.78, 5) is 71.4. The summed E-state index contributed by atoms with van der Waals surface area (Å²) in [6, 6.07) is 25.8. The number of imide groups is 2. The number of phenols is 1. The molecular formula is C38H27BrClN3O7. The lowest BCUT2D eigenvalue weighted by Gasteiger charge is -2.50. The van der Waals surface area contributed by atoms with E-state index in [0.717, 1.165) is 4.90 Å². The molecule has 8 rings (SSSR count). The number of fused-ring (bicyclic) bond motifs is 4. The molecule has 2 aliphatic carbocycles. The zero-order chi connectivity index (χ0) is 35.1. The molecule has 250 valence electrons. The van der Waals surface area contributed by atoms with Gasteiger partial charge < -0.3 is 5.11 Å². The van der Waals surface area contributed by atoms with E-state index in [1.54, 1.807) is 48.5 Å². The molecule has 4 aliphatic rings. The number of non-ortho nitro benzene ring substituents is 1. The highest BCUT2D eigenvalue weighted by Crippen LogP contribution is 2.65. The SMILES string of the molecule is O=C1C2CC=C3C(CC4C(=O)N(c5cccc(Cl)c5)C(=O)C4(c4ccccc4)C3c3cc(Br)ccc3O)C2C(=O)N1c1ccc([N+](=O)[O-])cc1. The summed E-state index contributed by atoms with van der Waals surface area (Å²) in [6.45, 7) is 0. The number of benzene rings is 4. The number of hydrogen-bond acceptors (Lipinski definition) is 7. The second-order valence-electron chi connectivity index (χ2n) is 13.1.